The lowest BCUT2D eigenvalue weighted by molar-refractivity contribution is -0.127. The molecule has 2 atom stereocenters. The van der Waals surface area contributed by atoms with Crippen molar-refractivity contribution >= 4 is 5.91 Å². The molecule has 1 saturated heterocycles. The van der Waals surface area contributed by atoms with Crippen molar-refractivity contribution in [1.29, 1.82) is 0 Å². The van der Waals surface area contributed by atoms with Gasteiger partial charge in [-0.1, -0.05) is 25.1 Å². The van der Waals surface area contributed by atoms with Crippen LogP contribution < -0.4 is 5.32 Å². The number of rotatable bonds is 6. The van der Waals surface area contributed by atoms with Crippen LogP contribution in [0.5, 0.6) is 0 Å². The highest BCUT2D eigenvalue weighted by Gasteiger charge is 2.26. The van der Waals surface area contributed by atoms with Crippen molar-refractivity contribution in [2.75, 3.05) is 13.1 Å². The number of hydrogen-bond donors (Lipinski definition) is 1. The van der Waals surface area contributed by atoms with Gasteiger partial charge < -0.3 is 9.73 Å². The molecule has 2 heterocycles. The maximum Gasteiger partial charge on any atom is 0.226 e. The number of piperidine rings is 1. The molecule has 2 aromatic rings. The molecule has 1 fully saturated rings. The Morgan fingerprint density at radius 2 is 2.20 bits per heavy atom. The summed E-state index contributed by atoms with van der Waals surface area (Å²) in [7, 11) is 0. The monoisotopic (exact) mass is 341 g/mol. The zero-order chi connectivity index (χ0) is 17.6. The first kappa shape index (κ1) is 17.7. The lowest BCUT2D eigenvalue weighted by Crippen LogP contribution is -2.44. The van der Waals surface area contributed by atoms with E-state index in [-0.39, 0.29) is 17.9 Å². The Hall–Kier alpha value is -2.14. The number of oxazole rings is 1. The van der Waals surface area contributed by atoms with Gasteiger partial charge in [-0.15, -0.1) is 0 Å². The zero-order valence-electron chi connectivity index (χ0n) is 15.1. The number of carbonyl (C=O) groups is 1. The summed E-state index contributed by atoms with van der Waals surface area (Å²) >= 11 is 0. The number of likely N-dealkylation sites (tertiary alicyclic amines) is 1. The van der Waals surface area contributed by atoms with E-state index in [1.54, 1.807) is 6.26 Å². The number of nitrogens with one attached hydrogen (secondary N) is 1. The van der Waals surface area contributed by atoms with E-state index in [1.165, 1.54) is 0 Å². The smallest absolute Gasteiger partial charge is 0.226 e. The second kappa shape index (κ2) is 8.30. The van der Waals surface area contributed by atoms with Gasteiger partial charge >= 0.3 is 0 Å². The molecule has 1 N–H and O–H groups in total. The predicted molar refractivity (Wildman–Crippen MR) is 97.8 cm³/mol. The quantitative estimate of drug-likeness (QED) is 0.874. The topological polar surface area (TPSA) is 58.4 Å². The van der Waals surface area contributed by atoms with E-state index in [0.29, 0.717) is 5.89 Å². The maximum absolute atomic E-state index is 12.4. The summed E-state index contributed by atoms with van der Waals surface area (Å²) in [6.45, 7) is 6.66. The van der Waals surface area contributed by atoms with Crippen molar-refractivity contribution in [3.05, 3.63) is 42.3 Å². The average molecular weight is 341 g/mol. The molecule has 5 heteroatoms. The first-order valence-electron chi connectivity index (χ1n) is 9.18. The molecular formula is C20H27N3O2. The Balaban J connectivity index is 1.58. The summed E-state index contributed by atoms with van der Waals surface area (Å²) in [5.41, 5.74) is 1.90. The molecule has 5 nitrogen and oxygen atoms in total. The van der Waals surface area contributed by atoms with Crippen LogP contribution in [0.25, 0.3) is 11.5 Å². The Labute approximate surface area is 149 Å². The number of aromatic nitrogens is 1. The van der Waals surface area contributed by atoms with Crippen molar-refractivity contribution in [1.82, 2.24) is 15.2 Å². The highest BCUT2D eigenvalue weighted by Crippen LogP contribution is 2.22. The standard InChI is InChI=1S/C20H27N3O2/c1-3-15(2)21-19(24)17-10-7-11-23(12-17)13-18-14-25-20(22-18)16-8-5-4-6-9-16/h4-6,8-9,14-15,17H,3,7,10-13H2,1-2H3,(H,21,24)/t15-,17-/m1/s1. The van der Waals surface area contributed by atoms with E-state index >= 15 is 0 Å². The fourth-order valence-electron chi connectivity index (χ4n) is 3.20. The summed E-state index contributed by atoms with van der Waals surface area (Å²) in [5.74, 6) is 0.908. The summed E-state index contributed by atoms with van der Waals surface area (Å²) in [6, 6.07) is 10.2. The lowest BCUT2D eigenvalue weighted by Gasteiger charge is -2.32. The minimum atomic E-state index is 0.0724. The fourth-order valence-corrected chi connectivity index (χ4v) is 3.20. The van der Waals surface area contributed by atoms with Gasteiger partial charge in [0.2, 0.25) is 11.8 Å². The predicted octanol–water partition coefficient (Wildman–Crippen LogP) is 3.47. The van der Waals surface area contributed by atoms with Gasteiger partial charge in [-0.2, -0.15) is 0 Å². The van der Waals surface area contributed by atoms with E-state index in [4.69, 9.17) is 4.42 Å². The molecular weight excluding hydrogens is 314 g/mol. The van der Waals surface area contributed by atoms with Crippen LogP contribution in [0.15, 0.2) is 41.0 Å². The third kappa shape index (κ3) is 4.69. The number of amides is 1. The van der Waals surface area contributed by atoms with Gasteiger partial charge in [0.25, 0.3) is 0 Å². The highest BCUT2D eigenvalue weighted by molar-refractivity contribution is 5.79. The molecule has 134 valence electrons. The Morgan fingerprint density at radius 1 is 1.40 bits per heavy atom. The highest BCUT2D eigenvalue weighted by atomic mass is 16.3. The molecule has 1 aliphatic heterocycles. The Kier molecular flexibility index (Phi) is 5.87. The van der Waals surface area contributed by atoms with Crippen LogP contribution >= 0.6 is 0 Å². The minimum absolute atomic E-state index is 0.0724. The summed E-state index contributed by atoms with van der Waals surface area (Å²) in [4.78, 5) is 19.3. The SMILES string of the molecule is CC[C@@H](C)NC(=O)[C@@H]1CCCN(Cc2coc(-c3ccccc3)n2)C1. The molecule has 0 spiro atoms. The number of nitrogens with zero attached hydrogens (tertiary/aromatic N) is 2. The summed E-state index contributed by atoms with van der Waals surface area (Å²) < 4.78 is 5.62. The second-order valence-corrected chi connectivity index (χ2v) is 6.90. The lowest BCUT2D eigenvalue weighted by atomic mass is 9.96. The van der Waals surface area contributed by atoms with Crippen LogP contribution in [-0.4, -0.2) is 34.9 Å². The molecule has 1 amide bonds. The van der Waals surface area contributed by atoms with Gasteiger partial charge in [-0.25, -0.2) is 4.98 Å². The second-order valence-electron chi connectivity index (χ2n) is 6.90. The minimum Gasteiger partial charge on any atom is -0.444 e. The number of carbonyl (C=O) groups excluding carboxylic acids is 1. The number of hydrogen-bond acceptors (Lipinski definition) is 4. The van der Waals surface area contributed by atoms with E-state index in [0.717, 1.165) is 50.2 Å². The van der Waals surface area contributed by atoms with Crippen LogP contribution in [0, 0.1) is 5.92 Å². The van der Waals surface area contributed by atoms with Crippen LogP contribution in [0.3, 0.4) is 0 Å². The molecule has 1 aliphatic rings. The molecule has 1 aromatic heterocycles. The Morgan fingerprint density at radius 3 is 2.96 bits per heavy atom. The first-order chi connectivity index (χ1) is 12.2. The van der Waals surface area contributed by atoms with E-state index in [2.05, 4.69) is 29.0 Å². The zero-order valence-corrected chi connectivity index (χ0v) is 15.1. The molecule has 0 saturated carbocycles. The van der Waals surface area contributed by atoms with E-state index in [1.807, 2.05) is 30.3 Å². The van der Waals surface area contributed by atoms with Gasteiger partial charge in [0.15, 0.2) is 0 Å². The van der Waals surface area contributed by atoms with Crippen LogP contribution in [0.4, 0.5) is 0 Å². The third-order valence-electron chi connectivity index (χ3n) is 4.84. The van der Waals surface area contributed by atoms with Crippen molar-refractivity contribution in [2.24, 2.45) is 5.92 Å². The molecule has 0 unspecified atom stereocenters. The third-order valence-corrected chi connectivity index (χ3v) is 4.84. The van der Waals surface area contributed by atoms with Gasteiger partial charge in [0, 0.05) is 24.7 Å². The Bertz CT molecular complexity index is 683. The van der Waals surface area contributed by atoms with Crippen LogP contribution in [0.1, 0.15) is 38.8 Å². The van der Waals surface area contributed by atoms with Crippen LogP contribution in [-0.2, 0) is 11.3 Å². The van der Waals surface area contributed by atoms with Crippen molar-refractivity contribution in [3.8, 4) is 11.5 Å². The maximum atomic E-state index is 12.4. The van der Waals surface area contributed by atoms with Crippen molar-refractivity contribution in [3.63, 3.8) is 0 Å². The summed E-state index contributed by atoms with van der Waals surface area (Å²) in [6.07, 6.45) is 4.70. The normalized spacial score (nSPS) is 19.5. The van der Waals surface area contributed by atoms with Crippen LogP contribution in [0.2, 0.25) is 0 Å². The molecule has 25 heavy (non-hydrogen) atoms. The van der Waals surface area contributed by atoms with Crippen molar-refractivity contribution < 1.29 is 9.21 Å². The molecule has 0 aliphatic carbocycles. The largest absolute Gasteiger partial charge is 0.444 e. The van der Waals surface area contributed by atoms with Gasteiger partial charge in [0.05, 0.1) is 11.6 Å². The first-order valence-corrected chi connectivity index (χ1v) is 9.18. The molecule has 3 rings (SSSR count). The van der Waals surface area contributed by atoms with Gasteiger partial charge in [0.1, 0.15) is 6.26 Å². The average Bonchev–Trinajstić information content (AvgIpc) is 3.11. The van der Waals surface area contributed by atoms with Crippen molar-refractivity contribution in [2.45, 2.75) is 45.7 Å². The molecule has 1 aromatic carbocycles. The molecule has 0 bridgehead atoms. The fraction of sp³-hybridized carbons (Fsp3) is 0.500. The van der Waals surface area contributed by atoms with E-state index in [9.17, 15) is 4.79 Å². The van der Waals surface area contributed by atoms with Gasteiger partial charge in [-0.05, 0) is 44.9 Å². The number of benzene rings is 1. The van der Waals surface area contributed by atoms with Gasteiger partial charge in [-0.3, -0.25) is 9.69 Å². The molecule has 0 radical (unpaired) electrons. The van der Waals surface area contributed by atoms with E-state index < -0.39 is 0 Å². The summed E-state index contributed by atoms with van der Waals surface area (Å²) in [5, 5.41) is 3.11.